The fourth-order valence-electron chi connectivity index (χ4n) is 4.71. The van der Waals surface area contributed by atoms with Gasteiger partial charge in [-0.05, 0) is 39.5 Å². The van der Waals surface area contributed by atoms with Gasteiger partial charge in [-0.2, -0.15) is 0 Å². The minimum absolute atomic E-state index is 0.00616. The summed E-state index contributed by atoms with van der Waals surface area (Å²) < 4.78 is 28.3. The lowest BCUT2D eigenvalue weighted by atomic mass is 9.96. The molecule has 31 heavy (non-hydrogen) atoms. The Morgan fingerprint density at radius 2 is 2.00 bits per heavy atom. The van der Waals surface area contributed by atoms with Crippen molar-refractivity contribution in [2.24, 2.45) is 5.92 Å². The summed E-state index contributed by atoms with van der Waals surface area (Å²) in [6.07, 6.45) is 4.12. The van der Waals surface area contributed by atoms with E-state index in [0.29, 0.717) is 43.8 Å². The van der Waals surface area contributed by atoms with Crippen LogP contribution in [-0.2, 0) is 27.8 Å². The Morgan fingerprint density at radius 3 is 2.71 bits per heavy atom. The molecule has 2 aliphatic heterocycles. The molecule has 1 saturated heterocycles. The maximum atomic E-state index is 13.2. The Bertz CT molecular complexity index is 1190. The van der Waals surface area contributed by atoms with E-state index in [1.165, 1.54) is 4.52 Å². The van der Waals surface area contributed by atoms with E-state index in [-0.39, 0.29) is 23.3 Å². The lowest BCUT2D eigenvalue weighted by Gasteiger charge is -2.32. The Labute approximate surface area is 181 Å². The second-order valence-corrected chi connectivity index (χ2v) is 11.8. The van der Waals surface area contributed by atoms with Crippen LogP contribution in [0, 0.1) is 5.92 Å². The summed E-state index contributed by atoms with van der Waals surface area (Å²) in [6.45, 7) is 5.27. The second kappa shape index (κ2) is 7.44. The molecule has 1 atom stereocenters. The van der Waals surface area contributed by atoms with Crippen molar-refractivity contribution in [3.63, 3.8) is 0 Å². The molecule has 2 fully saturated rings. The van der Waals surface area contributed by atoms with Crippen LogP contribution in [0.3, 0.4) is 0 Å². The van der Waals surface area contributed by atoms with Crippen molar-refractivity contribution in [1.29, 1.82) is 0 Å². The van der Waals surface area contributed by atoms with Gasteiger partial charge in [0.2, 0.25) is 15.9 Å². The molecular weight excluding hydrogens is 418 g/mol. The number of amides is 1. The number of nitrogens with one attached hydrogen (secondary N) is 1. The number of rotatable bonds is 4. The molecule has 1 aliphatic carbocycles. The van der Waals surface area contributed by atoms with Crippen LogP contribution in [-0.4, -0.2) is 63.0 Å². The Hall–Kier alpha value is -2.20. The summed E-state index contributed by atoms with van der Waals surface area (Å²) >= 11 is 0. The predicted octanol–water partition coefficient (Wildman–Crippen LogP) is 1.23. The maximum Gasteiger partial charge on any atom is 0.277 e. The van der Waals surface area contributed by atoms with E-state index < -0.39 is 15.3 Å². The molecule has 168 valence electrons. The van der Waals surface area contributed by atoms with Crippen molar-refractivity contribution in [1.82, 2.24) is 23.8 Å². The number of carbonyl (C=O) groups is 1. The van der Waals surface area contributed by atoms with Gasteiger partial charge >= 0.3 is 0 Å². The first-order chi connectivity index (χ1) is 14.8. The highest BCUT2D eigenvalue weighted by Crippen LogP contribution is 2.33. The minimum Gasteiger partial charge on any atom is -0.337 e. The molecule has 3 aliphatic rings. The molecule has 2 aromatic rings. The largest absolute Gasteiger partial charge is 0.337 e. The van der Waals surface area contributed by atoms with Gasteiger partial charge in [0.15, 0.2) is 5.65 Å². The number of hydrogen-bond acceptors (Lipinski definition) is 5. The summed E-state index contributed by atoms with van der Waals surface area (Å²) in [5.74, 6) is 0.277. The summed E-state index contributed by atoms with van der Waals surface area (Å²) in [6, 6.07) is 1.87. The molecule has 0 unspecified atom stereocenters. The second-order valence-electron chi connectivity index (χ2n) is 9.32. The zero-order chi connectivity index (χ0) is 21.9. The smallest absolute Gasteiger partial charge is 0.277 e. The SMILES string of the molecule is CC(C)S(=O)(=O)N1CCC[C@@H](c2cc3nc4c(c(=O)n3[nH]2)CN(C(=O)C2CC2)CC4)C1. The van der Waals surface area contributed by atoms with Gasteiger partial charge in [0.25, 0.3) is 5.56 Å². The molecule has 9 nitrogen and oxygen atoms in total. The highest BCUT2D eigenvalue weighted by atomic mass is 32.2. The van der Waals surface area contributed by atoms with Crippen molar-refractivity contribution < 1.29 is 13.2 Å². The van der Waals surface area contributed by atoms with Crippen molar-refractivity contribution in [2.75, 3.05) is 19.6 Å². The number of fused-ring (bicyclic) bond motifs is 2. The number of sulfonamides is 1. The third-order valence-electron chi connectivity index (χ3n) is 6.80. The zero-order valence-electron chi connectivity index (χ0n) is 18.0. The summed E-state index contributed by atoms with van der Waals surface area (Å²) in [5, 5.41) is 2.73. The molecule has 10 heteroatoms. The number of carbonyl (C=O) groups excluding carboxylic acids is 1. The lowest BCUT2D eigenvalue weighted by Crippen LogP contribution is -2.42. The minimum atomic E-state index is -3.31. The van der Waals surface area contributed by atoms with E-state index in [2.05, 4.69) is 5.10 Å². The van der Waals surface area contributed by atoms with Gasteiger partial charge in [0.1, 0.15) is 0 Å². The van der Waals surface area contributed by atoms with Crippen LogP contribution >= 0.6 is 0 Å². The number of H-pyrrole nitrogens is 1. The fraction of sp³-hybridized carbons (Fsp3) is 0.667. The van der Waals surface area contributed by atoms with Crippen LogP contribution in [0.1, 0.15) is 62.4 Å². The van der Waals surface area contributed by atoms with Crippen LogP contribution in [0.5, 0.6) is 0 Å². The van der Waals surface area contributed by atoms with Crippen molar-refractivity contribution in [3.8, 4) is 0 Å². The first kappa shape index (κ1) is 20.7. The number of aromatic nitrogens is 3. The molecular formula is C21H29N5O4S. The van der Waals surface area contributed by atoms with Crippen LogP contribution < -0.4 is 5.56 Å². The first-order valence-corrected chi connectivity index (χ1v) is 12.7. The molecule has 4 heterocycles. The van der Waals surface area contributed by atoms with E-state index in [4.69, 9.17) is 4.98 Å². The van der Waals surface area contributed by atoms with E-state index in [0.717, 1.165) is 37.1 Å². The molecule has 0 radical (unpaired) electrons. The van der Waals surface area contributed by atoms with Gasteiger partial charge in [-0.15, -0.1) is 0 Å². The summed E-state index contributed by atoms with van der Waals surface area (Å²) in [4.78, 5) is 32.1. The van der Waals surface area contributed by atoms with Crippen LogP contribution in [0.15, 0.2) is 10.9 Å². The van der Waals surface area contributed by atoms with Crippen LogP contribution in [0.25, 0.3) is 5.65 Å². The van der Waals surface area contributed by atoms with E-state index in [1.54, 1.807) is 23.1 Å². The average Bonchev–Trinajstić information content (AvgIpc) is 3.52. The molecule has 0 aromatic carbocycles. The van der Waals surface area contributed by atoms with Crippen LogP contribution in [0.4, 0.5) is 0 Å². The molecule has 2 aromatic heterocycles. The number of hydrogen-bond donors (Lipinski definition) is 1. The Balaban J connectivity index is 1.44. The molecule has 0 spiro atoms. The average molecular weight is 448 g/mol. The summed E-state index contributed by atoms with van der Waals surface area (Å²) in [7, 11) is -3.31. The molecule has 1 N–H and O–H groups in total. The third-order valence-corrected chi connectivity index (χ3v) is 9.04. The van der Waals surface area contributed by atoms with Gasteiger partial charge in [0, 0.05) is 49.7 Å². The quantitative estimate of drug-likeness (QED) is 0.759. The standard InChI is InChI=1S/C21H29N5O4S/c1-13(2)31(29,30)25-8-3-4-15(11-25)18-10-19-22-17-7-9-24(20(27)14-5-6-14)12-16(17)21(28)26(19)23-18/h10,13-15,23H,3-9,11-12H2,1-2H3/t15-/m1/s1. The van der Waals surface area contributed by atoms with E-state index in [9.17, 15) is 18.0 Å². The van der Waals surface area contributed by atoms with Gasteiger partial charge in [-0.25, -0.2) is 22.2 Å². The number of nitrogens with zero attached hydrogens (tertiary/aromatic N) is 4. The van der Waals surface area contributed by atoms with E-state index >= 15 is 0 Å². The van der Waals surface area contributed by atoms with Crippen molar-refractivity contribution in [3.05, 3.63) is 33.4 Å². The highest BCUT2D eigenvalue weighted by Gasteiger charge is 2.36. The van der Waals surface area contributed by atoms with Crippen LogP contribution in [0.2, 0.25) is 0 Å². The van der Waals surface area contributed by atoms with Crippen molar-refractivity contribution >= 4 is 21.6 Å². The summed E-state index contributed by atoms with van der Waals surface area (Å²) in [5.41, 5.74) is 2.58. The maximum absolute atomic E-state index is 13.2. The predicted molar refractivity (Wildman–Crippen MR) is 115 cm³/mol. The topological polar surface area (TPSA) is 108 Å². The monoisotopic (exact) mass is 447 g/mol. The third kappa shape index (κ3) is 3.59. The molecule has 1 saturated carbocycles. The van der Waals surface area contributed by atoms with Gasteiger partial charge in [0.05, 0.1) is 23.1 Å². The zero-order valence-corrected chi connectivity index (χ0v) is 18.8. The highest BCUT2D eigenvalue weighted by molar-refractivity contribution is 7.89. The molecule has 5 rings (SSSR count). The van der Waals surface area contributed by atoms with Gasteiger partial charge in [-0.1, -0.05) is 0 Å². The lowest BCUT2D eigenvalue weighted by molar-refractivity contribution is -0.133. The Kier molecular flexibility index (Phi) is 4.97. The molecule has 1 amide bonds. The molecule has 0 bridgehead atoms. The van der Waals surface area contributed by atoms with Gasteiger partial charge in [-0.3, -0.25) is 14.7 Å². The van der Waals surface area contributed by atoms with Gasteiger partial charge < -0.3 is 4.90 Å². The number of piperidine rings is 1. The van der Waals surface area contributed by atoms with Crippen molar-refractivity contribution in [2.45, 2.75) is 63.7 Å². The first-order valence-electron chi connectivity index (χ1n) is 11.2. The Morgan fingerprint density at radius 1 is 1.23 bits per heavy atom. The normalized spacial score (nSPS) is 22.8. The van der Waals surface area contributed by atoms with E-state index in [1.807, 2.05) is 6.07 Å². The fourth-order valence-corrected chi connectivity index (χ4v) is 6.08. The number of aromatic amines is 1.